The van der Waals surface area contributed by atoms with E-state index < -0.39 is 11.6 Å². The van der Waals surface area contributed by atoms with Gasteiger partial charge in [0.2, 0.25) is 0 Å². The molecule has 0 fully saturated rings. The molecule has 100 valence electrons. The van der Waals surface area contributed by atoms with Crippen LogP contribution in [0.25, 0.3) is 0 Å². The van der Waals surface area contributed by atoms with E-state index in [1.54, 1.807) is 7.11 Å². The molecule has 5 heteroatoms. The van der Waals surface area contributed by atoms with E-state index >= 15 is 0 Å². The number of hydrogen-bond donors (Lipinski definition) is 0. The fourth-order valence-corrected chi connectivity index (χ4v) is 1.40. The highest BCUT2D eigenvalue weighted by atomic mass is 19.2. The number of ketones is 1. The molecule has 0 spiro atoms. The van der Waals surface area contributed by atoms with Crippen LogP contribution in [-0.4, -0.2) is 32.7 Å². The summed E-state index contributed by atoms with van der Waals surface area (Å²) in [6.45, 7) is 1.23. The Balaban J connectivity index is 2.29. The van der Waals surface area contributed by atoms with Gasteiger partial charge in [0.05, 0.1) is 19.8 Å². The molecule has 18 heavy (non-hydrogen) atoms. The molecule has 1 aromatic carbocycles. The molecule has 0 saturated heterocycles. The Kier molecular flexibility index (Phi) is 6.46. The summed E-state index contributed by atoms with van der Waals surface area (Å²) in [5, 5.41) is 0. The predicted molar refractivity (Wildman–Crippen MR) is 62.4 cm³/mol. The number of methoxy groups -OCH3 is 1. The first-order valence-electron chi connectivity index (χ1n) is 5.66. The molecule has 3 nitrogen and oxygen atoms in total. The van der Waals surface area contributed by atoms with Gasteiger partial charge in [-0.3, -0.25) is 4.79 Å². The molecule has 0 bridgehead atoms. The van der Waals surface area contributed by atoms with Crippen molar-refractivity contribution in [2.75, 3.05) is 26.9 Å². The molecule has 0 aliphatic rings. The van der Waals surface area contributed by atoms with Gasteiger partial charge in [-0.05, 0) is 17.7 Å². The second-order valence-electron chi connectivity index (χ2n) is 3.82. The van der Waals surface area contributed by atoms with Crippen molar-refractivity contribution in [3.63, 3.8) is 0 Å². The molecule has 0 saturated carbocycles. The Morgan fingerprint density at radius 1 is 1.17 bits per heavy atom. The van der Waals surface area contributed by atoms with Gasteiger partial charge in [-0.25, -0.2) is 8.78 Å². The minimum Gasteiger partial charge on any atom is -0.382 e. The lowest BCUT2D eigenvalue weighted by Crippen LogP contribution is -2.09. The van der Waals surface area contributed by atoms with E-state index in [1.165, 1.54) is 6.07 Å². The first-order chi connectivity index (χ1) is 8.63. The first-order valence-corrected chi connectivity index (χ1v) is 5.66. The fourth-order valence-electron chi connectivity index (χ4n) is 1.40. The normalized spacial score (nSPS) is 10.6. The number of benzene rings is 1. The van der Waals surface area contributed by atoms with Crippen molar-refractivity contribution < 1.29 is 23.0 Å². The van der Waals surface area contributed by atoms with Crippen molar-refractivity contribution in [3.05, 3.63) is 35.4 Å². The highest BCUT2D eigenvalue weighted by Crippen LogP contribution is 2.10. The Morgan fingerprint density at radius 2 is 1.94 bits per heavy atom. The number of halogens is 2. The summed E-state index contributed by atoms with van der Waals surface area (Å²) >= 11 is 0. The van der Waals surface area contributed by atoms with E-state index in [0.717, 1.165) is 12.1 Å². The fraction of sp³-hybridized carbons (Fsp3) is 0.462. The molecule has 1 aromatic rings. The Labute approximate surface area is 105 Å². The van der Waals surface area contributed by atoms with E-state index in [4.69, 9.17) is 9.47 Å². The molecule has 0 heterocycles. The maximum absolute atomic E-state index is 12.9. The third-order valence-electron chi connectivity index (χ3n) is 2.34. The number of hydrogen-bond acceptors (Lipinski definition) is 3. The topological polar surface area (TPSA) is 35.5 Å². The second-order valence-corrected chi connectivity index (χ2v) is 3.82. The number of Topliss-reactive ketones (excluding diaryl/α,β-unsaturated/α-hetero) is 1. The lowest BCUT2D eigenvalue weighted by atomic mass is 10.1. The maximum Gasteiger partial charge on any atom is 0.159 e. The number of carbonyl (C=O) groups excluding carboxylic acids is 1. The van der Waals surface area contributed by atoms with Crippen molar-refractivity contribution in [2.24, 2.45) is 0 Å². The molecule has 0 aliphatic carbocycles. The summed E-state index contributed by atoms with van der Waals surface area (Å²) in [5.41, 5.74) is 0.468. The minimum atomic E-state index is -0.934. The Hall–Kier alpha value is -1.33. The van der Waals surface area contributed by atoms with Crippen LogP contribution in [0, 0.1) is 11.6 Å². The number of ether oxygens (including phenoxy) is 2. The van der Waals surface area contributed by atoms with E-state index in [0.29, 0.717) is 25.4 Å². The number of rotatable bonds is 8. The maximum atomic E-state index is 12.9. The summed E-state index contributed by atoms with van der Waals surface area (Å²) in [6, 6.07) is 3.47. The standard InChI is InChI=1S/C13H16F2O3/c1-17-6-7-18-5-4-11(16)8-10-2-3-12(14)13(15)9-10/h2-3,9H,4-8H2,1H3. The van der Waals surface area contributed by atoms with Crippen LogP contribution in [0.1, 0.15) is 12.0 Å². The van der Waals surface area contributed by atoms with Crippen LogP contribution in [0.15, 0.2) is 18.2 Å². The van der Waals surface area contributed by atoms with E-state index in [1.807, 2.05) is 0 Å². The van der Waals surface area contributed by atoms with E-state index in [9.17, 15) is 13.6 Å². The van der Waals surface area contributed by atoms with Crippen LogP contribution in [0.2, 0.25) is 0 Å². The zero-order valence-corrected chi connectivity index (χ0v) is 10.2. The SMILES string of the molecule is COCCOCCC(=O)Cc1ccc(F)c(F)c1. The lowest BCUT2D eigenvalue weighted by molar-refractivity contribution is -0.119. The largest absolute Gasteiger partial charge is 0.382 e. The van der Waals surface area contributed by atoms with Crippen LogP contribution >= 0.6 is 0 Å². The molecule has 0 unspecified atom stereocenters. The minimum absolute atomic E-state index is 0.0709. The molecule has 0 N–H and O–H groups in total. The average molecular weight is 258 g/mol. The molecule has 0 amide bonds. The predicted octanol–water partition coefficient (Wildman–Crippen LogP) is 2.13. The van der Waals surface area contributed by atoms with E-state index in [-0.39, 0.29) is 18.6 Å². The zero-order valence-electron chi connectivity index (χ0n) is 10.2. The molecular weight excluding hydrogens is 242 g/mol. The smallest absolute Gasteiger partial charge is 0.159 e. The van der Waals surface area contributed by atoms with Crippen LogP contribution in [-0.2, 0) is 20.7 Å². The van der Waals surface area contributed by atoms with Crippen LogP contribution in [0.4, 0.5) is 8.78 Å². The van der Waals surface area contributed by atoms with Gasteiger partial charge in [0, 0.05) is 20.0 Å². The quantitative estimate of drug-likeness (QED) is 0.670. The van der Waals surface area contributed by atoms with Gasteiger partial charge >= 0.3 is 0 Å². The molecule has 0 aliphatic heterocycles. The summed E-state index contributed by atoms with van der Waals surface area (Å²) < 4.78 is 35.5. The summed E-state index contributed by atoms with van der Waals surface area (Å²) in [4.78, 5) is 11.5. The lowest BCUT2D eigenvalue weighted by Gasteiger charge is -2.04. The van der Waals surface area contributed by atoms with Gasteiger partial charge in [-0.1, -0.05) is 6.07 Å². The molecule has 0 aromatic heterocycles. The Bertz CT molecular complexity index is 394. The summed E-state index contributed by atoms with van der Waals surface area (Å²) in [6.07, 6.45) is 0.341. The monoisotopic (exact) mass is 258 g/mol. The first kappa shape index (κ1) is 14.7. The van der Waals surface area contributed by atoms with Crippen molar-refractivity contribution in [3.8, 4) is 0 Å². The highest BCUT2D eigenvalue weighted by molar-refractivity contribution is 5.80. The summed E-state index contributed by atoms with van der Waals surface area (Å²) in [7, 11) is 1.57. The van der Waals surface area contributed by atoms with Gasteiger partial charge in [0.15, 0.2) is 11.6 Å². The number of carbonyl (C=O) groups is 1. The van der Waals surface area contributed by atoms with Crippen LogP contribution in [0.5, 0.6) is 0 Å². The van der Waals surface area contributed by atoms with Gasteiger partial charge in [0.1, 0.15) is 5.78 Å². The average Bonchev–Trinajstić information content (AvgIpc) is 2.34. The third-order valence-corrected chi connectivity index (χ3v) is 2.34. The second kappa shape index (κ2) is 7.89. The van der Waals surface area contributed by atoms with Gasteiger partial charge in [-0.15, -0.1) is 0 Å². The zero-order chi connectivity index (χ0) is 13.4. The molecule has 0 atom stereocenters. The summed E-state index contributed by atoms with van der Waals surface area (Å²) in [5.74, 6) is -1.91. The Morgan fingerprint density at radius 3 is 2.61 bits per heavy atom. The van der Waals surface area contributed by atoms with Crippen molar-refractivity contribution in [2.45, 2.75) is 12.8 Å². The molecule has 0 radical (unpaired) electrons. The third kappa shape index (κ3) is 5.33. The van der Waals surface area contributed by atoms with Crippen molar-refractivity contribution in [1.29, 1.82) is 0 Å². The molecule has 1 rings (SSSR count). The highest BCUT2D eigenvalue weighted by Gasteiger charge is 2.07. The van der Waals surface area contributed by atoms with Gasteiger partial charge in [-0.2, -0.15) is 0 Å². The van der Waals surface area contributed by atoms with E-state index in [2.05, 4.69) is 0 Å². The molecular formula is C13H16F2O3. The van der Waals surface area contributed by atoms with Crippen LogP contribution < -0.4 is 0 Å². The van der Waals surface area contributed by atoms with Gasteiger partial charge in [0.25, 0.3) is 0 Å². The van der Waals surface area contributed by atoms with Crippen molar-refractivity contribution in [1.82, 2.24) is 0 Å². The van der Waals surface area contributed by atoms with Crippen molar-refractivity contribution >= 4 is 5.78 Å². The van der Waals surface area contributed by atoms with Crippen LogP contribution in [0.3, 0.4) is 0 Å². The van der Waals surface area contributed by atoms with Gasteiger partial charge < -0.3 is 9.47 Å².